The molecule has 2 aromatic carbocycles. The van der Waals surface area contributed by atoms with Gasteiger partial charge in [-0.05, 0) is 61.7 Å². The van der Waals surface area contributed by atoms with Crippen LogP contribution in [0.1, 0.15) is 23.2 Å². The van der Waals surface area contributed by atoms with Crippen molar-refractivity contribution in [3.8, 4) is 0 Å². The van der Waals surface area contributed by atoms with Crippen molar-refractivity contribution in [2.75, 3.05) is 0 Å². The minimum Gasteiger partial charge on any atom is -0.358 e. The Balaban J connectivity index is 1.58. The fourth-order valence-electron chi connectivity index (χ4n) is 3.55. The zero-order valence-electron chi connectivity index (χ0n) is 13.8. The smallest absolute Gasteiger partial charge is 0.240 e. The zero-order valence-corrected chi connectivity index (χ0v) is 16.2. The van der Waals surface area contributed by atoms with Gasteiger partial charge in [-0.3, -0.25) is 0 Å². The maximum Gasteiger partial charge on any atom is 0.240 e. The third-order valence-electron chi connectivity index (χ3n) is 4.79. The summed E-state index contributed by atoms with van der Waals surface area (Å²) in [4.78, 5) is 3.76. The van der Waals surface area contributed by atoms with Crippen LogP contribution in [0.15, 0.2) is 51.8 Å². The SMILES string of the molecule is Cc1ccc2[nH]c3c(c2c1)CCC(NS(=O)(=O)c1ccc(Br)cc1)C3. The number of nitrogens with one attached hydrogen (secondary N) is 2. The van der Waals surface area contributed by atoms with Crippen LogP contribution in [-0.4, -0.2) is 19.4 Å². The van der Waals surface area contributed by atoms with Gasteiger partial charge in [0, 0.05) is 33.5 Å². The van der Waals surface area contributed by atoms with Gasteiger partial charge < -0.3 is 4.98 Å². The maximum atomic E-state index is 12.6. The third kappa shape index (κ3) is 3.26. The lowest BCUT2D eigenvalue weighted by Crippen LogP contribution is -2.38. The molecule has 1 unspecified atom stereocenters. The quantitative estimate of drug-likeness (QED) is 0.672. The van der Waals surface area contributed by atoms with Crippen LogP contribution >= 0.6 is 15.9 Å². The largest absolute Gasteiger partial charge is 0.358 e. The number of sulfonamides is 1. The first kappa shape index (κ1) is 16.8. The van der Waals surface area contributed by atoms with Crippen molar-refractivity contribution in [3.05, 3.63) is 63.8 Å². The number of hydrogen-bond donors (Lipinski definition) is 2. The maximum absolute atomic E-state index is 12.6. The molecule has 1 aliphatic carbocycles. The van der Waals surface area contributed by atoms with Crippen molar-refractivity contribution in [2.45, 2.75) is 37.1 Å². The van der Waals surface area contributed by atoms with Crippen molar-refractivity contribution in [3.63, 3.8) is 0 Å². The normalized spacial score (nSPS) is 17.6. The average Bonchev–Trinajstić information content (AvgIpc) is 2.92. The molecule has 6 heteroatoms. The highest BCUT2D eigenvalue weighted by Crippen LogP contribution is 2.30. The molecule has 130 valence electrons. The molecule has 2 N–H and O–H groups in total. The summed E-state index contributed by atoms with van der Waals surface area (Å²) in [5, 5.41) is 1.27. The first-order chi connectivity index (χ1) is 11.9. The van der Waals surface area contributed by atoms with E-state index in [4.69, 9.17) is 0 Å². The van der Waals surface area contributed by atoms with Crippen LogP contribution in [0.3, 0.4) is 0 Å². The summed E-state index contributed by atoms with van der Waals surface area (Å²) in [5.74, 6) is 0. The fraction of sp³-hybridized carbons (Fsp3) is 0.263. The predicted octanol–water partition coefficient (Wildman–Crippen LogP) is 4.07. The van der Waals surface area contributed by atoms with E-state index in [0.29, 0.717) is 11.3 Å². The van der Waals surface area contributed by atoms with Gasteiger partial charge in [0.15, 0.2) is 0 Å². The molecule has 3 aromatic rings. The van der Waals surface area contributed by atoms with Crippen molar-refractivity contribution in [1.29, 1.82) is 0 Å². The van der Waals surface area contributed by atoms with Crippen molar-refractivity contribution >= 4 is 36.9 Å². The van der Waals surface area contributed by atoms with Crippen molar-refractivity contribution in [1.82, 2.24) is 9.71 Å². The summed E-state index contributed by atoms with van der Waals surface area (Å²) < 4.78 is 28.9. The number of halogens is 1. The lowest BCUT2D eigenvalue weighted by molar-refractivity contribution is 0.505. The van der Waals surface area contributed by atoms with Gasteiger partial charge >= 0.3 is 0 Å². The number of hydrogen-bond acceptors (Lipinski definition) is 2. The van der Waals surface area contributed by atoms with E-state index in [1.54, 1.807) is 24.3 Å². The lowest BCUT2D eigenvalue weighted by atomic mass is 9.92. The van der Waals surface area contributed by atoms with E-state index in [0.717, 1.165) is 28.5 Å². The topological polar surface area (TPSA) is 62.0 Å². The number of benzene rings is 2. The first-order valence-corrected chi connectivity index (χ1v) is 10.6. The van der Waals surface area contributed by atoms with Gasteiger partial charge in [-0.2, -0.15) is 0 Å². The van der Waals surface area contributed by atoms with Crippen LogP contribution in [-0.2, 0) is 22.9 Å². The lowest BCUT2D eigenvalue weighted by Gasteiger charge is -2.23. The molecule has 0 fully saturated rings. The first-order valence-electron chi connectivity index (χ1n) is 8.30. The molecule has 0 radical (unpaired) electrons. The molecule has 0 saturated carbocycles. The zero-order chi connectivity index (χ0) is 17.6. The summed E-state index contributed by atoms with van der Waals surface area (Å²) in [6.45, 7) is 2.09. The molecule has 0 amide bonds. The van der Waals surface area contributed by atoms with Gasteiger partial charge in [0.25, 0.3) is 0 Å². The Kier molecular flexibility index (Phi) is 4.22. The third-order valence-corrected chi connectivity index (χ3v) is 6.85. The average molecular weight is 419 g/mol. The second-order valence-corrected chi connectivity index (χ2v) is 9.28. The van der Waals surface area contributed by atoms with Crippen LogP contribution in [0.4, 0.5) is 0 Å². The Morgan fingerprint density at radius 3 is 2.68 bits per heavy atom. The second-order valence-electron chi connectivity index (χ2n) is 6.65. The number of fused-ring (bicyclic) bond motifs is 3. The molecule has 1 atom stereocenters. The highest BCUT2D eigenvalue weighted by Gasteiger charge is 2.26. The van der Waals surface area contributed by atoms with Gasteiger partial charge in [0.1, 0.15) is 0 Å². The van der Waals surface area contributed by atoms with Gasteiger partial charge in [0.05, 0.1) is 4.90 Å². The standard InChI is InChI=1S/C19H19BrN2O2S/c1-12-2-9-18-17(10-12)16-8-5-14(11-19(16)21-18)22-25(23,24)15-6-3-13(20)4-7-15/h2-4,6-7,9-10,14,21-22H,5,8,11H2,1H3. The van der Waals surface area contributed by atoms with Crippen LogP contribution in [0.2, 0.25) is 0 Å². The monoisotopic (exact) mass is 418 g/mol. The second kappa shape index (κ2) is 6.27. The van der Waals surface area contributed by atoms with Gasteiger partial charge in [-0.1, -0.05) is 27.6 Å². The Morgan fingerprint density at radius 1 is 1.16 bits per heavy atom. The fourth-order valence-corrected chi connectivity index (χ4v) is 5.08. The number of aromatic amines is 1. The Hall–Kier alpha value is -1.63. The minimum atomic E-state index is -3.50. The van der Waals surface area contributed by atoms with Crippen LogP contribution < -0.4 is 4.72 Å². The number of rotatable bonds is 3. The highest BCUT2D eigenvalue weighted by atomic mass is 79.9. The molecule has 0 aliphatic heterocycles. The van der Waals surface area contributed by atoms with Crippen molar-refractivity contribution < 1.29 is 8.42 Å². The van der Waals surface area contributed by atoms with E-state index in [-0.39, 0.29) is 6.04 Å². The van der Waals surface area contributed by atoms with Crippen LogP contribution in [0.5, 0.6) is 0 Å². The van der Waals surface area contributed by atoms with E-state index in [1.165, 1.54) is 16.5 Å². The molecule has 4 nitrogen and oxygen atoms in total. The van der Waals surface area contributed by atoms with Crippen LogP contribution in [0.25, 0.3) is 10.9 Å². The molecule has 1 aromatic heterocycles. The molecule has 25 heavy (non-hydrogen) atoms. The molecule has 0 saturated heterocycles. The number of aromatic nitrogens is 1. The Bertz CT molecular complexity index is 1040. The predicted molar refractivity (Wildman–Crippen MR) is 103 cm³/mol. The summed E-state index contributed by atoms with van der Waals surface area (Å²) in [7, 11) is -3.50. The summed E-state index contributed by atoms with van der Waals surface area (Å²) in [5.41, 5.74) is 4.85. The van der Waals surface area contributed by atoms with Gasteiger partial charge in [-0.25, -0.2) is 13.1 Å². The van der Waals surface area contributed by atoms with E-state index >= 15 is 0 Å². The molecule has 4 rings (SSSR count). The van der Waals surface area contributed by atoms with E-state index < -0.39 is 10.0 Å². The molecule has 1 heterocycles. The minimum absolute atomic E-state index is 0.0877. The van der Waals surface area contributed by atoms with E-state index in [9.17, 15) is 8.42 Å². The molecular formula is C19H19BrN2O2S. The van der Waals surface area contributed by atoms with E-state index in [2.05, 4.69) is 50.8 Å². The number of H-pyrrole nitrogens is 1. The van der Waals surface area contributed by atoms with Gasteiger partial charge in [-0.15, -0.1) is 0 Å². The summed E-state index contributed by atoms with van der Waals surface area (Å²) in [6.07, 6.45) is 2.38. The number of aryl methyl sites for hydroxylation is 2. The Morgan fingerprint density at radius 2 is 1.92 bits per heavy atom. The van der Waals surface area contributed by atoms with Gasteiger partial charge in [0.2, 0.25) is 10.0 Å². The molecule has 0 bridgehead atoms. The Labute approximate surface area is 155 Å². The van der Waals surface area contributed by atoms with Crippen LogP contribution in [0, 0.1) is 6.92 Å². The van der Waals surface area contributed by atoms with E-state index in [1.807, 2.05) is 0 Å². The van der Waals surface area contributed by atoms with Crippen molar-refractivity contribution in [2.24, 2.45) is 0 Å². The summed E-state index contributed by atoms with van der Waals surface area (Å²) >= 11 is 3.33. The molecule has 0 spiro atoms. The molecular weight excluding hydrogens is 400 g/mol. The highest BCUT2D eigenvalue weighted by molar-refractivity contribution is 9.10. The molecule has 1 aliphatic rings. The summed E-state index contributed by atoms with van der Waals surface area (Å²) in [6, 6.07) is 13.0.